The minimum Gasteiger partial charge on any atom is -0.326 e. The van der Waals surface area contributed by atoms with Crippen LogP contribution in [0.4, 0.5) is 5.69 Å². The summed E-state index contributed by atoms with van der Waals surface area (Å²) in [5, 5.41) is 2.83. The maximum absolute atomic E-state index is 12.9. The Kier molecular flexibility index (Phi) is 3.36. The molecule has 1 aliphatic heterocycles. The number of nitrogens with zero attached hydrogens (tertiary/aromatic N) is 1. The van der Waals surface area contributed by atoms with Crippen LogP contribution in [-0.4, -0.2) is 29.2 Å². The zero-order valence-corrected chi connectivity index (χ0v) is 14.7. The number of nitrogens with one attached hydrogen (secondary N) is 1. The van der Waals surface area contributed by atoms with Crippen molar-refractivity contribution in [2.24, 2.45) is 35.5 Å². The van der Waals surface area contributed by atoms with Gasteiger partial charge in [-0.05, 0) is 49.1 Å². The fraction of sp³-hybridized carbons (Fsp3) is 0.476. The molecule has 134 valence electrons. The molecule has 2 bridgehead atoms. The van der Waals surface area contributed by atoms with E-state index in [2.05, 4.69) is 17.5 Å². The second kappa shape index (κ2) is 5.53. The Morgan fingerprint density at radius 1 is 1.04 bits per heavy atom. The molecule has 5 nitrogen and oxygen atoms in total. The summed E-state index contributed by atoms with van der Waals surface area (Å²) in [6.45, 7) is 2.17. The van der Waals surface area contributed by atoms with E-state index in [0.29, 0.717) is 11.8 Å². The molecule has 6 rings (SSSR count). The molecular weight excluding hydrogens is 328 g/mol. The number of imide groups is 1. The number of carbonyl (C=O) groups excluding carboxylic acids is 3. The van der Waals surface area contributed by atoms with Crippen LogP contribution < -0.4 is 5.32 Å². The fourth-order valence-electron chi connectivity index (χ4n) is 5.31. The van der Waals surface area contributed by atoms with Gasteiger partial charge in [0.1, 0.15) is 0 Å². The zero-order chi connectivity index (χ0) is 18.0. The van der Waals surface area contributed by atoms with Crippen molar-refractivity contribution < 1.29 is 14.4 Å². The Balaban J connectivity index is 1.24. The average Bonchev–Trinajstić information content (AvgIpc) is 3.41. The van der Waals surface area contributed by atoms with E-state index in [4.69, 9.17) is 0 Å². The molecule has 0 radical (unpaired) electrons. The first-order valence-corrected chi connectivity index (χ1v) is 9.44. The van der Waals surface area contributed by atoms with Crippen molar-refractivity contribution >= 4 is 23.4 Å². The van der Waals surface area contributed by atoms with Gasteiger partial charge in [0.25, 0.3) is 0 Å². The number of amides is 3. The van der Waals surface area contributed by atoms with E-state index in [1.165, 1.54) is 4.90 Å². The molecule has 1 aromatic rings. The fourth-order valence-corrected chi connectivity index (χ4v) is 5.31. The lowest BCUT2D eigenvalue weighted by atomic mass is 9.63. The molecule has 2 saturated carbocycles. The molecule has 1 aromatic carbocycles. The van der Waals surface area contributed by atoms with Gasteiger partial charge in [-0.3, -0.25) is 19.3 Å². The van der Waals surface area contributed by atoms with E-state index in [1.807, 2.05) is 31.2 Å². The van der Waals surface area contributed by atoms with Crippen LogP contribution in [-0.2, 0) is 14.4 Å². The van der Waals surface area contributed by atoms with Gasteiger partial charge < -0.3 is 5.32 Å². The van der Waals surface area contributed by atoms with Crippen LogP contribution in [0, 0.1) is 42.4 Å². The number of carbonyl (C=O) groups is 3. The normalized spacial score (nSPS) is 36.1. The second-order valence-electron chi connectivity index (χ2n) is 8.15. The van der Waals surface area contributed by atoms with Crippen LogP contribution in [0.15, 0.2) is 36.4 Å². The minimum atomic E-state index is -0.179. The number of aryl methyl sites for hydroxylation is 1. The number of allylic oxidation sites excluding steroid dienone is 2. The van der Waals surface area contributed by atoms with Gasteiger partial charge in [-0.2, -0.15) is 0 Å². The molecule has 0 spiro atoms. The first kappa shape index (κ1) is 15.8. The van der Waals surface area contributed by atoms with Crippen molar-refractivity contribution in [1.29, 1.82) is 0 Å². The summed E-state index contributed by atoms with van der Waals surface area (Å²) in [5.74, 6) is 1.02. The number of rotatable bonds is 4. The topological polar surface area (TPSA) is 66.5 Å². The van der Waals surface area contributed by atoms with Crippen LogP contribution in [0.5, 0.6) is 0 Å². The first-order chi connectivity index (χ1) is 12.5. The number of hydrogen-bond donors (Lipinski definition) is 1. The highest BCUT2D eigenvalue weighted by atomic mass is 16.2. The SMILES string of the molecule is Cc1ccc(NC(=O)CCN2C(=O)[C@H]3[C@@H]4C=C[C@H]([C@H]5C[C@H]45)[C@@H]3C2=O)cc1. The van der Waals surface area contributed by atoms with Crippen LogP contribution in [0.2, 0.25) is 0 Å². The van der Waals surface area contributed by atoms with Crippen LogP contribution in [0.3, 0.4) is 0 Å². The monoisotopic (exact) mass is 350 g/mol. The summed E-state index contributed by atoms with van der Waals surface area (Å²) in [6.07, 6.45) is 5.63. The summed E-state index contributed by atoms with van der Waals surface area (Å²) in [5.41, 5.74) is 1.86. The standard InChI is InChI=1S/C21H22N2O3/c1-11-2-4-12(5-3-11)22-17(24)8-9-23-20(25)18-13-6-7-14(16-10-15(13)16)19(18)21(23)26/h2-7,13-16,18-19H,8-10H2,1H3,(H,22,24)/t13-,14-,15-,16-,18+,19+/m1/s1. The Bertz CT molecular complexity index is 792. The highest BCUT2D eigenvalue weighted by Gasteiger charge is 2.66. The lowest BCUT2D eigenvalue weighted by molar-refractivity contribution is -0.140. The first-order valence-electron chi connectivity index (χ1n) is 9.44. The van der Waals surface area contributed by atoms with E-state index >= 15 is 0 Å². The number of likely N-dealkylation sites (tertiary alicyclic amines) is 1. The van der Waals surface area contributed by atoms with Crippen molar-refractivity contribution in [3.63, 3.8) is 0 Å². The van der Waals surface area contributed by atoms with Crippen molar-refractivity contribution in [3.8, 4) is 0 Å². The van der Waals surface area contributed by atoms with Gasteiger partial charge in [-0.15, -0.1) is 0 Å². The van der Waals surface area contributed by atoms with E-state index < -0.39 is 0 Å². The van der Waals surface area contributed by atoms with Gasteiger partial charge in [0.2, 0.25) is 17.7 Å². The third kappa shape index (κ3) is 2.26. The average molecular weight is 350 g/mol. The lowest BCUT2D eigenvalue weighted by Gasteiger charge is -2.37. The molecule has 5 aliphatic rings. The highest BCUT2D eigenvalue weighted by molar-refractivity contribution is 6.06. The van der Waals surface area contributed by atoms with Gasteiger partial charge in [-0.1, -0.05) is 29.8 Å². The van der Waals surface area contributed by atoms with Crippen molar-refractivity contribution in [2.75, 3.05) is 11.9 Å². The van der Waals surface area contributed by atoms with Gasteiger partial charge in [0.05, 0.1) is 11.8 Å². The quantitative estimate of drug-likeness (QED) is 0.670. The largest absolute Gasteiger partial charge is 0.326 e. The molecule has 1 heterocycles. The van der Waals surface area contributed by atoms with E-state index in [-0.39, 0.29) is 54.4 Å². The molecule has 0 unspecified atom stereocenters. The van der Waals surface area contributed by atoms with E-state index in [1.54, 1.807) is 0 Å². The Morgan fingerprint density at radius 2 is 1.62 bits per heavy atom. The molecule has 4 aliphatic carbocycles. The molecule has 3 fully saturated rings. The maximum atomic E-state index is 12.9. The maximum Gasteiger partial charge on any atom is 0.233 e. The highest BCUT2D eigenvalue weighted by Crippen LogP contribution is 2.65. The summed E-state index contributed by atoms with van der Waals surface area (Å²) < 4.78 is 0. The van der Waals surface area contributed by atoms with Crippen molar-refractivity contribution in [1.82, 2.24) is 4.90 Å². The summed E-state index contributed by atoms with van der Waals surface area (Å²) in [7, 11) is 0. The minimum absolute atomic E-state index is 0.0622. The van der Waals surface area contributed by atoms with E-state index in [0.717, 1.165) is 17.7 Å². The molecular formula is C21H22N2O3. The molecule has 6 atom stereocenters. The summed E-state index contributed by atoms with van der Waals surface area (Å²) >= 11 is 0. The van der Waals surface area contributed by atoms with E-state index in [9.17, 15) is 14.4 Å². The Labute approximate surface area is 152 Å². The molecule has 3 amide bonds. The van der Waals surface area contributed by atoms with Crippen molar-refractivity contribution in [2.45, 2.75) is 19.8 Å². The predicted molar refractivity (Wildman–Crippen MR) is 95.8 cm³/mol. The predicted octanol–water partition coefficient (Wildman–Crippen LogP) is 2.38. The molecule has 26 heavy (non-hydrogen) atoms. The smallest absolute Gasteiger partial charge is 0.233 e. The number of anilines is 1. The summed E-state index contributed by atoms with van der Waals surface area (Å²) in [4.78, 5) is 39.3. The Morgan fingerprint density at radius 3 is 2.19 bits per heavy atom. The van der Waals surface area contributed by atoms with Crippen LogP contribution in [0.25, 0.3) is 0 Å². The number of hydrogen-bond acceptors (Lipinski definition) is 3. The van der Waals surface area contributed by atoms with Gasteiger partial charge in [-0.25, -0.2) is 0 Å². The molecule has 5 heteroatoms. The van der Waals surface area contributed by atoms with Gasteiger partial charge >= 0.3 is 0 Å². The van der Waals surface area contributed by atoms with Gasteiger partial charge in [0, 0.05) is 18.7 Å². The van der Waals surface area contributed by atoms with Crippen molar-refractivity contribution in [3.05, 3.63) is 42.0 Å². The van der Waals surface area contributed by atoms with Crippen LogP contribution in [0.1, 0.15) is 18.4 Å². The third-order valence-electron chi connectivity index (χ3n) is 6.65. The zero-order valence-electron chi connectivity index (χ0n) is 14.7. The third-order valence-corrected chi connectivity index (χ3v) is 6.65. The second-order valence-corrected chi connectivity index (χ2v) is 8.15. The molecule has 0 aromatic heterocycles. The molecule has 1 N–H and O–H groups in total. The summed E-state index contributed by atoms with van der Waals surface area (Å²) in [6, 6.07) is 7.57. The number of benzene rings is 1. The molecule has 1 saturated heterocycles. The lowest BCUT2D eigenvalue weighted by Crippen LogP contribution is -2.40. The van der Waals surface area contributed by atoms with Gasteiger partial charge in [0.15, 0.2) is 0 Å². The van der Waals surface area contributed by atoms with Crippen LogP contribution >= 0.6 is 0 Å². The Hall–Kier alpha value is -2.43.